The van der Waals surface area contributed by atoms with Gasteiger partial charge in [-0.25, -0.2) is 4.79 Å². The average Bonchev–Trinajstić information content (AvgIpc) is 3.17. The number of allylic oxidation sites excluding steroid dienone is 2. The van der Waals surface area contributed by atoms with Gasteiger partial charge in [0.2, 0.25) is 0 Å². The lowest BCUT2D eigenvalue weighted by atomic mass is 9.75. The standard InChI is InChI=1S/C21H20ClNO3/c1-25-17-9-4-3-6-14(17)19-13-8-5-7-12(13)18-15(21(24)26-2)10-11-16(22)20(18)23-19/h3-7,9-13,19,23H,8H2,1-2H3/t12-,13-,19-/m1/s1. The smallest absolute Gasteiger partial charge is 0.338 e. The Bertz CT molecular complexity index is 893. The molecule has 134 valence electrons. The molecular formula is C21H20ClNO3. The van der Waals surface area contributed by atoms with Gasteiger partial charge >= 0.3 is 5.97 Å². The van der Waals surface area contributed by atoms with Crippen molar-refractivity contribution in [2.45, 2.75) is 18.4 Å². The van der Waals surface area contributed by atoms with E-state index in [-0.39, 0.29) is 23.8 Å². The number of para-hydroxylation sites is 1. The summed E-state index contributed by atoms with van der Waals surface area (Å²) in [5.74, 6) is 0.892. The molecule has 2 aromatic carbocycles. The molecule has 0 saturated carbocycles. The lowest BCUT2D eigenvalue weighted by molar-refractivity contribution is 0.0598. The van der Waals surface area contributed by atoms with Crippen LogP contribution in [0.25, 0.3) is 0 Å². The van der Waals surface area contributed by atoms with Crippen LogP contribution < -0.4 is 10.1 Å². The minimum absolute atomic E-state index is 0.0454. The van der Waals surface area contributed by atoms with Crippen LogP contribution >= 0.6 is 11.6 Å². The Morgan fingerprint density at radius 1 is 1.19 bits per heavy atom. The number of nitrogens with one attached hydrogen (secondary N) is 1. The van der Waals surface area contributed by atoms with Gasteiger partial charge in [-0.2, -0.15) is 0 Å². The molecule has 4 nitrogen and oxygen atoms in total. The number of esters is 1. The number of methoxy groups -OCH3 is 2. The van der Waals surface area contributed by atoms with Crippen molar-refractivity contribution in [1.29, 1.82) is 0 Å². The SMILES string of the molecule is COC(=O)c1ccc(Cl)c2c1[C@@H]1C=CC[C@H]1[C@H](c1ccccc1OC)N2. The number of ether oxygens (including phenoxy) is 2. The van der Waals surface area contributed by atoms with Crippen LogP contribution in [0.3, 0.4) is 0 Å². The number of hydrogen-bond donors (Lipinski definition) is 1. The number of benzene rings is 2. The van der Waals surface area contributed by atoms with Crippen molar-refractivity contribution < 1.29 is 14.3 Å². The summed E-state index contributed by atoms with van der Waals surface area (Å²) in [6, 6.07) is 11.6. The Hall–Kier alpha value is -2.46. The fourth-order valence-electron chi connectivity index (χ4n) is 4.19. The number of fused-ring (bicyclic) bond motifs is 3. The highest BCUT2D eigenvalue weighted by Gasteiger charge is 2.41. The van der Waals surface area contributed by atoms with E-state index in [1.165, 1.54) is 7.11 Å². The molecule has 1 aliphatic heterocycles. The molecule has 26 heavy (non-hydrogen) atoms. The zero-order chi connectivity index (χ0) is 18.3. The van der Waals surface area contributed by atoms with Crippen LogP contribution in [0.1, 0.15) is 39.9 Å². The average molecular weight is 370 g/mol. The number of rotatable bonds is 3. The summed E-state index contributed by atoms with van der Waals surface area (Å²) in [6.45, 7) is 0. The van der Waals surface area contributed by atoms with E-state index in [0.717, 1.165) is 29.0 Å². The lowest BCUT2D eigenvalue weighted by Crippen LogP contribution is -2.31. The molecule has 0 radical (unpaired) electrons. The van der Waals surface area contributed by atoms with Crippen molar-refractivity contribution in [2.24, 2.45) is 5.92 Å². The van der Waals surface area contributed by atoms with Crippen molar-refractivity contribution in [1.82, 2.24) is 0 Å². The molecule has 0 bridgehead atoms. The fourth-order valence-corrected chi connectivity index (χ4v) is 4.41. The van der Waals surface area contributed by atoms with Gasteiger partial charge in [0.05, 0.1) is 36.5 Å². The Balaban J connectivity index is 1.88. The molecule has 0 unspecified atom stereocenters. The quantitative estimate of drug-likeness (QED) is 0.613. The summed E-state index contributed by atoms with van der Waals surface area (Å²) in [7, 11) is 3.08. The topological polar surface area (TPSA) is 47.6 Å². The molecule has 0 spiro atoms. The van der Waals surface area contributed by atoms with Crippen LogP contribution in [0.15, 0.2) is 48.6 Å². The molecule has 4 rings (SSSR count). The molecule has 2 aromatic rings. The van der Waals surface area contributed by atoms with Crippen molar-refractivity contribution in [3.63, 3.8) is 0 Å². The predicted molar refractivity (Wildman–Crippen MR) is 102 cm³/mol. The Morgan fingerprint density at radius 2 is 2.00 bits per heavy atom. The van der Waals surface area contributed by atoms with Gasteiger partial charge in [0.15, 0.2) is 0 Å². The highest BCUT2D eigenvalue weighted by molar-refractivity contribution is 6.33. The zero-order valence-electron chi connectivity index (χ0n) is 14.7. The normalized spacial score (nSPS) is 23.0. The number of carbonyl (C=O) groups excluding carboxylic acids is 1. The third kappa shape index (κ3) is 2.56. The van der Waals surface area contributed by atoms with Crippen LogP contribution in [0.5, 0.6) is 5.75 Å². The third-order valence-electron chi connectivity index (χ3n) is 5.35. The molecule has 1 aliphatic carbocycles. The molecular weight excluding hydrogens is 350 g/mol. The van der Waals surface area contributed by atoms with Crippen molar-refractivity contribution in [3.05, 3.63) is 70.3 Å². The first-order valence-electron chi connectivity index (χ1n) is 8.62. The largest absolute Gasteiger partial charge is 0.496 e. The van der Waals surface area contributed by atoms with Gasteiger partial charge in [-0.05, 0) is 36.1 Å². The van der Waals surface area contributed by atoms with Gasteiger partial charge in [-0.15, -0.1) is 0 Å². The molecule has 2 aliphatic rings. The summed E-state index contributed by atoms with van der Waals surface area (Å²) in [5, 5.41) is 4.19. The summed E-state index contributed by atoms with van der Waals surface area (Å²) in [6.07, 6.45) is 5.28. The van der Waals surface area contributed by atoms with Crippen LogP contribution in [0.2, 0.25) is 5.02 Å². The van der Waals surface area contributed by atoms with E-state index in [1.807, 2.05) is 18.2 Å². The number of hydrogen-bond acceptors (Lipinski definition) is 4. The second kappa shape index (κ2) is 6.69. The molecule has 0 saturated heterocycles. The van der Waals surface area contributed by atoms with E-state index in [1.54, 1.807) is 19.2 Å². The van der Waals surface area contributed by atoms with Gasteiger partial charge in [-0.1, -0.05) is 42.0 Å². The van der Waals surface area contributed by atoms with Crippen LogP contribution in [0.4, 0.5) is 5.69 Å². The van der Waals surface area contributed by atoms with Gasteiger partial charge < -0.3 is 14.8 Å². The third-order valence-corrected chi connectivity index (χ3v) is 5.66. The van der Waals surface area contributed by atoms with E-state index < -0.39 is 0 Å². The summed E-state index contributed by atoms with van der Waals surface area (Å²) < 4.78 is 10.6. The number of carbonyl (C=O) groups is 1. The van der Waals surface area contributed by atoms with E-state index in [0.29, 0.717) is 10.6 Å². The Labute approximate surface area is 157 Å². The van der Waals surface area contributed by atoms with Crippen molar-refractivity contribution in [3.8, 4) is 5.75 Å². The van der Waals surface area contributed by atoms with Crippen LogP contribution in [-0.4, -0.2) is 20.2 Å². The Morgan fingerprint density at radius 3 is 2.77 bits per heavy atom. The lowest BCUT2D eigenvalue weighted by Gasteiger charge is -2.39. The van der Waals surface area contributed by atoms with E-state index in [4.69, 9.17) is 21.1 Å². The molecule has 1 heterocycles. The monoisotopic (exact) mass is 369 g/mol. The summed E-state index contributed by atoms with van der Waals surface area (Å²) in [4.78, 5) is 12.3. The fraction of sp³-hybridized carbons (Fsp3) is 0.286. The predicted octanol–water partition coefficient (Wildman–Crippen LogP) is 4.96. The first kappa shape index (κ1) is 17.0. The molecule has 0 aromatic heterocycles. The maximum Gasteiger partial charge on any atom is 0.338 e. The minimum atomic E-state index is -0.338. The number of anilines is 1. The van der Waals surface area contributed by atoms with E-state index in [2.05, 4.69) is 23.5 Å². The maximum atomic E-state index is 12.3. The maximum absolute atomic E-state index is 12.3. The molecule has 0 amide bonds. The highest BCUT2D eigenvalue weighted by atomic mass is 35.5. The summed E-state index contributed by atoms with van der Waals surface area (Å²) >= 11 is 6.51. The summed E-state index contributed by atoms with van der Waals surface area (Å²) in [5.41, 5.74) is 3.39. The van der Waals surface area contributed by atoms with Crippen molar-refractivity contribution >= 4 is 23.3 Å². The second-order valence-electron chi connectivity index (χ2n) is 6.59. The molecule has 0 fully saturated rings. The second-order valence-corrected chi connectivity index (χ2v) is 7.00. The van der Waals surface area contributed by atoms with Gasteiger partial charge in [0.25, 0.3) is 0 Å². The highest BCUT2D eigenvalue weighted by Crippen LogP contribution is 2.53. The Kier molecular flexibility index (Phi) is 4.37. The molecule has 1 N–H and O–H groups in total. The molecule has 3 atom stereocenters. The first-order chi connectivity index (χ1) is 12.7. The molecule has 5 heteroatoms. The minimum Gasteiger partial charge on any atom is -0.496 e. The van der Waals surface area contributed by atoms with Crippen LogP contribution in [-0.2, 0) is 4.74 Å². The van der Waals surface area contributed by atoms with Gasteiger partial charge in [0, 0.05) is 11.5 Å². The number of halogens is 1. The van der Waals surface area contributed by atoms with Gasteiger partial charge in [0.1, 0.15) is 5.75 Å². The van der Waals surface area contributed by atoms with Crippen molar-refractivity contribution in [2.75, 3.05) is 19.5 Å². The van der Waals surface area contributed by atoms with Gasteiger partial charge in [-0.3, -0.25) is 0 Å². The first-order valence-corrected chi connectivity index (χ1v) is 9.00. The van der Waals surface area contributed by atoms with E-state index >= 15 is 0 Å². The van der Waals surface area contributed by atoms with Crippen LogP contribution in [0, 0.1) is 5.92 Å². The van der Waals surface area contributed by atoms with E-state index in [9.17, 15) is 4.79 Å². The zero-order valence-corrected chi connectivity index (χ0v) is 15.4.